The summed E-state index contributed by atoms with van der Waals surface area (Å²) in [5.41, 5.74) is -0.0573. The molecule has 0 N–H and O–H groups in total. The molecule has 2 bridgehead atoms. The van der Waals surface area contributed by atoms with E-state index in [2.05, 4.69) is 29.2 Å². The van der Waals surface area contributed by atoms with Crippen molar-refractivity contribution in [1.82, 2.24) is 19.6 Å². The van der Waals surface area contributed by atoms with Crippen LogP contribution in [-0.2, 0) is 14.3 Å². The van der Waals surface area contributed by atoms with Crippen LogP contribution in [0.5, 0.6) is 0 Å². The lowest BCUT2D eigenvalue weighted by molar-refractivity contribution is -0.139. The van der Waals surface area contributed by atoms with E-state index in [9.17, 15) is 14.4 Å². The van der Waals surface area contributed by atoms with Crippen molar-refractivity contribution >= 4 is 18.0 Å². The number of nitrogens with zero attached hydrogens (tertiary/aromatic N) is 4. The molecular weight excluding hydrogens is 520 g/mol. The largest absolute Gasteiger partial charge is 0.444 e. The van der Waals surface area contributed by atoms with Crippen LogP contribution in [-0.4, -0.2) is 106 Å². The molecule has 9 nitrogen and oxygen atoms in total. The number of benzene rings is 1. The van der Waals surface area contributed by atoms with Crippen LogP contribution in [0.25, 0.3) is 0 Å². The fraction of sp³-hybridized carbons (Fsp3) is 0.719. The van der Waals surface area contributed by atoms with Gasteiger partial charge in [-0.3, -0.25) is 14.6 Å². The van der Waals surface area contributed by atoms with Crippen molar-refractivity contribution in [2.24, 2.45) is 5.92 Å². The quantitative estimate of drug-likeness (QED) is 0.490. The van der Waals surface area contributed by atoms with Gasteiger partial charge in [-0.05, 0) is 78.2 Å². The number of likely N-dealkylation sites (tertiary alicyclic amines) is 1. The van der Waals surface area contributed by atoms with Gasteiger partial charge >= 0.3 is 12.1 Å². The number of fused-ring (bicyclic) bond motifs is 2. The predicted molar refractivity (Wildman–Crippen MR) is 154 cm³/mol. The van der Waals surface area contributed by atoms with E-state index in [-0.39, 0.29) is 54.0 Å². The van der Waals surface area contributed by atoms with Crippen LogP contribution in [0.4, 0.5) is 9.59 Å². The number of piperidine rings is 1. The standard InChI is InChI=1S/C32H46N4O5/c1-21(2)36-29(38)35(26-13-14-40-20-26)28(37)32(36)15-24-11-12-25(16-32)34(24)18-23-17-33(30(39)41-31(3,4)5)19-27(23)22-9-7-6-8-10-22/h6-10,21,23-27H,11-20H2,1-5H3/t23-,24?,25?,26?,27-,32?/m1/s1. The van der Waals surface area contributed by atoms with Gasteiger partial charge in [0, 0.05) is 50.3 Å². The first kappa shape index (κ1) is 28.5. The first-order valence-electron chi connectivity index (χ1n) is 15.5. The highest BCUT2D eigenvalue weighted by Gasteiger charge is 2.64. The van der Waals surface area contributed by atoms with Crippen LogP contribution in [0.2, 0.25) is 0 Å². The van der Waals surface area contributed by atoms with E-state index < -0.39 is 11.1 Å². The Morgan fingerprint density at radius 2 is 1.71 bits per heavy atom. The van der Waals surface area contributed by atoms with E-state index >= 15 is 0 Å². The first-order chi connectivity index (χ1) is 19.5. The summed E-state index contributed by atoms with van der Waals surface area (Å²) < 4.78 is 11.3. The van der Waals surface area contributed by atoms with Crippen molar-refractivity contribution in [2.75, 3.05) is 32.8 Å². The van der Waals surface area contributed by atoms with Crippen LogP contribution in [0, 0.1) is 5.92 Å². The van der Waals surface area contributed by atoms with Gasteiger partial charge in [-0.1, -0.05) is 30.3 Å². The summed E-state index contributed by atoms with van der Waals surface area (Å²) in [4.78, 5) is 48.9. The zero-order valence-corrected chi connectivity index (χ0v) is 25.3. The van der Waals surface area contributed by atoms with Gasteiger partial charge < -0.3 is 19.3 Å². The molecule has 0 aliphatic carbocycles. The third kappa shape index (κ3) is 5.03. The van der Waals surface area contributed by atoms with Crippen LogP contribution < -0.4 is 0 Å². The highest BCUT2D eigenvalue weighted by molar-refractivity contribution is 6.07. The number of hydrogen-bond donors (Lipinski definition) is 0. The fourth-order valence-electron chi connectivity index (χ4n) is 8.34. The minimum atomic E-state index is -0.771. The number of urea groups is 1. The Labute approximate surface area is 244 Å². The molecule has 5 saturated heterocycles. The van der Waals surface area contributed by atoms with Gasteiger partial charge in [0.1, 0.15) is 11.1 Å². The summed E-state index contributed by atoms with van der Waals surface area (Å²) in [6.45, 7) is 13.0. The fourth-order valence-corrected chi connectivity index (χ4v) is 8.34. The Bertz CT molecular complexity index is 1150. The Kier molecular flexibility index (Phi) is 7.34. The third-order valence-electron chi connectivity index (χ3n) is 9.96. The second-order valence-corrected chi connectivity index (χ2v) is 14.1. The lowest BCUT2D eigenvalue weighted by Crippen LogP contribution is -2.62. The average Bonchev–Trinajstić information content (AvgIpc) is 3.66. The smallest absolute Gasteiger partial charge is 0.410 e. The molecule has 1 aromatic rings. The van der Waals surface area contributed by atoms with Gasteiger partial charge in [-0.15, -0.1) is 0 Å². The molecule has 1 aromatic carbocycles. The topological polar surface area (TPSA) is 82.6 Å². The van der Waals surface area contributed by atoms with E-state index in [1.807, 2.05) is 50.5 Å². The molecule has 5 fully saturated rings. The van der Waals surface area contributed by atoms with Crippen LogP contribution in [0.3, 0.4) is 0 Å². The molecule has 5 aliphatic heterocycles. The summed E-state index contributed by atoms with van der Waals surface area (Å²) in [6, 6.07) is 10.6. The third-order valence-corrected chi connectivity index (χ3v) is 9.96. The molecule has 41 heavy (non-hydrogen) atoms. The Balaban J connectivity index is 1.23. The summed E-state index contributed by atoms with van der Waals surface area (Å²) >= 11 is 0. The van der Waals surface area contributed by atoms with Gasteiger partial charge in [-0.25, -0.2) is 9.59 Å². The summed E-state index contributed by atoms with van der Waals surface area (Å²) in [5.74, 6) is 0.470. The van der Waals surface area contributed by atoms with Crippen LogP contribution in [0.1, 0.15) is 78.2 Å². The van der Waals surface area contributed by atoms with E-state index in [1.54, 1.807) is 4.90 Å². The maximum Gasteiger partial charge on any atom is 0.410 e. The number of rotatable bonds is 5. The highest BCUT2D eigenvalue weighted by atomic mass is 16.6. The monoisotopic (exact) mass is 566 g/mol. The minimum Gasteiger partial charge on any atom is -0.444 e. The van der Waals surface area contributed by atoms with Crippen LogP contribution in [0.15, 0.2) is 30.3 Å². The van der Waals surface area contributed by atoms with Crippen molar-refractivity contribution in [3.63, 3.8) is 0 Å². The molecule has 224 valence electrons. The maximum atomic E-state index is 14.2. The van der Waals surface area contributed by atoms with Crippen LogP contribution >= 0.6 is 0 Å². The molecular formula is C32H46N4O5. The molecule has 0 saturated carbocycles. The summed E-state index contributed by atoms with van der Waals surface area (Å²) in [7, 11) is 0. The normalized spacial score (nSPS) is 34.1. The van der Waals surface area contributed by atoms with E-state index in [0.29, 0.717) is 39.1 Å². The van der Waals surface area contributed by atoms with Crippen molar-refractivity contribution in [2.45, 2.75) is 108 Å². The second kappa shape index (κ2) is 10.6. The Morgan fingerprint density at radius 3 is 2.29 bits per heavy atom. The number of amides is 4. The highest BCUT2D eigenvalue weighted by Crippen LogP contribution is 2.50. The Hall–Kier alpha value is -2.65. The van der Waals surface area contributed by atoms with Crippen molar-refractivity contribution in [3.05, 3.63) is 35.9 Å². The maximum absolute atomic E-state index is 14.2. The van der Waals surface area contributed by atoms with Gasteiger partial charge in [0.25, 0.3) is 5.91 Å². The molecule has 0 aromatic heterocycles. The second-order valence-electron chi connectivity index (χ2n) is 14.1. The number of hydrogen-bond acceptors (Lipinski definition) is 6. The van der Waals surface area contributed by atoms with Gasteiger partial charge in [-0.2, -0.15) is 0 Å². The molecule has 9 heteroatoms. The van der Waals surface area contributed by atoms with Gasteiger partial charge in [0.05, 0.1) is 12.6 Å². The molecule has 4 amide bonds. The van der Waals surface area contributed by atoms with Gasteiger partial charge in [0.2, 0.25) is 0 Å². The molecule has 6 rings (SSSR count). The summed E-state index contributed by atoms with van der Waals surface area (Å²) in [5, 5.41) is 0. The SMILES string of the molecule is CC(C)N1C(=O)N(C2CCOC2)C(=O)C12CC1CCC(C2)N1C[C@H]1CN(C(=O)OC(C)(C)C)C[C@@H]1c1ccccc1. The number of imide groups is 1. The van der Waals surface area contributed by atoms with E-state index in [1.165, 1.54) is 5.56 Å². The lowest BCUT2D eigenvalue weighted by Gasteiger charge is -2.48. The number of carbonyl (C=O) groups excluding carboxylic acids is 3. The summed E-state index contributed by atoms with van der Waals surface area (Å²) in [6.07, 6.45) is 3.88. The predicted octanol–water partition coefficient (Wildman–Crippen LogP) is 4.46. The zero-order valence-electron chi connectivity index (χ0n) is 25.3. The molecule has 5 heterocycles. The van der Waals surface area contributed by atoms with Crippen molar-refractivity contribution < 1.29 is 23.9 Å². The molecule has 1 spiro atoms. The molecule has 0 radical (unpaired) electrons. The molecule has 3 unspecified atom stereocenters. The average molecular weight is 567 g/mol. The minimum absolute atomic E-state index is 0.0117. The van der Waals surface area contributed by atoms with Crippen molar-refractivity contribution in [3.8, 4) is 0 Å². The van der Waals surface area contributed by atoms with E-state index in [0.717, 1.165) is 25.8 Å². The lowest BCUT2D eigenvalue weighted by atomic mass is 9.79. The van der Waals surface area contributed by atoms with E-state index in [4.69, 9.17) is 9.47 Å². The molecule has 5 atom stereocenters. The molecule has 5 aliphatic rings. The zero-order chi connectivity index (χ0) is 29.1. The number of carbonyl (C=O) groups is 3. The van der Waals surface area contributed by atoms with Gasteiger partial charge in [0.15, 0.2) is 0 Å². The number of ether oxygens (including phenoxy) is 2. The Morgan fingerprint density at radius 1 is 1.02 bits per heavy atom. The first-order valence-corrected chi connectivity index (χ1v) is 15.5. The van der Waals surface area contributed by atoms with Crippen molar-refractivity contribution in [1.29, 1.82) is 0 Å².